The van der Waals surface area contributed by atoms with Crippen LogP contribution in [0.15, 0.2) is 12.1 Å². The predicted octanol–water partition coefficient (Wildman–Crippen LogP) is 1.27. The number of hydrogen-bond acceptors (Lipinski definition) is 3. The molecule has 1 aliphatic heterocycles. The number of fused-ring (bicyclic) bond motifs is 1. The molecule has 1 atom stereocenters. The van der Waals surface area contributed by atoms with Gasteiger partial charge < -0.3 is 15.6 Å². The molecule has 0 saturated heterocycles. The third-order valence-corrected chi connectivity index (χ3v) is 2.75. The highest BCUT2D eigenvalue weighted by atomic mass is 16.5. The average Bonchev–Trinajstić information content (AvgIpc) is 2.23. The van der Waals surface area contributed by atoms with Crippen LogP contribution >= 0.6 is 0 Å². The van der Waals surface area contributed by atoms with E-state index in [2.05, 4.69) is 0 Å². The molecule has 3 N–H and O–H groups in total. The number of ether oxygens (including phenoxy) is 1. The molecule has 76 valence electrons. The first-order valence-corrected chi connectivity index (χ1v) is 4.87. The number of hydrogen-bond donors (Lipinski definition) is 2. The molecule has 0 radical (unpaired) electrons. The number of rotatable bonds is 1. The van der Waals surface area contributed by atoms with Gasteiger partial charge in [-0.1, -0.05) is 12.1 Å². The molecule has 1 aromatic carbocycles. The Bertz CT molecular complexity index is 349. The molecule has 0 bridgehead atoms. The molecule has 0 aliphatic carbocycles. The molecule has 2 rings (SSSR count). The number of phenols is 1. The average molecular weight is 193 g/mol. The van der Waals surface area contributed by atoms with Crippen molar-refractivity contribution < 1.29 is 9.84 Å². The zero-order valence-electron chi connectivity index (χ0n) is 8.29. The molecule has 3 heteroatoms. The van der Waals surface area contributed by atoms with Gasteiger partial charge in [-0.2, -0.15) is 0 Å². The lowest BCUT2D eigenvalue weighted by Crippen LogP contribution is -2.23. The second-order valence-corrected chi connectivity index (χ2v) is 3.64. The molecular weight excluding hydrogens is 178 g/mol. The van der Waals surface area contributed by atoms with Crippen LogP contribution in [0.5, 0.6) is 5.75 Å². The Morgan fingerprint density at radius 3 is 3.07 bits per heavy atom. The van der Waals surface area contributed by atoms with E-state index in [1.54, 1.807) is 0 Å². The van der Waals surface area contributed by atoms with Crippen LogP contribution in [-0.4, -0.2) is 18.3 Å². The second kappa shape index (κ2) is 3.59. The van der Waals surface area contributed by atoms with Crippen molar-refractivity contribution in [3.05, 3.63) is 28.8 Å². The van der Waals surface area contributed by atoms with Crippen LogP contribution in [0.25, 0.3) is 0 Å². The Morgan fingerprint density at radius 2 is 2.36 bits per heavy atom. The van der Waals surface area contributed by atoms with Crippen molar-refractivity contribution in [2.45, 2.75) is 19.4 Å². The summed E-state index contributed by atoms with van der Waals surface area (Å²) in [4.78, 5) is 0. The van der Waals surface area contributed by atoms with E-state index in [0.29, 0.717) is 18.9 Å². The highest BCUT2D eigenvalue weighted by Gasteiger charge is 2.22. The summed E-state index contributed by atoms with van der Waals surface area (Å²) in [5.74, 6) is 0.407. The van der Waals surface area contributed by atoms with Crippen molar-refractivity contribution in [1.29, 1.82) is 0 Å². The summed E-state index contributed by atoms with van der Waals surface area (Å²) in [6, 6.07) is 3.91. The lowest BCUT2D eigenvalue weighted by Gasteiger charge is -2.26. The van der Waals surface area contributed by atoms with Gasteiger partial charge in [0.1, 0.15) is 5.75 Å². The van der Waals surface area contributed by atoms with Crippen molar-refractivity contribution >= 4 is 0 Å². The standard InChI is InChI=1S/C11H15NO2/c1-7-2-3-8-9(11(7)13)4-5-14-10(8)6-12/h2-3,10,13H,4-6,12H2,1H3. The molecule has 1 heterocycles. The molecule has 0 amide bonds. The van der Waals surface area contributed by atoms with Gasteiger partial charge in [-0.05, 0) is 24.5 Å². The van der Waals surface area contributed by atoms with Gasteiger partial charge in [0.2, 0.25) is 0 Å². The van der Waals surface area contributed by atoms with Crippen molar-refractivity contribution in [2.24, 2.45) is 5.73 Å². The van der Waals surface area contributed by atoms with Crippen LogP contribution in [0.2, 0.25) is 0 Å². The number of aryl methyl sites for hydroxylation is 1. The van der Waals surface area contributed by atoms with Crippen molar-refractivity contribution in [3.63, 3.8) is 0 Å². The minimum atomic E-state index is -0.0507. The maximum atomic E-state index is 9.86. The molecule has 0 spiro atoms. The Labute approximate surface area is 83.5 Å². The van der Waals surface area contributed by atoms with Gasteiger partial charge in [0, 0.05) is 12.1 Å². The van der Waals surface area contributed by atoms with E-state index in [9.17, 15) is 5.11 Å². The van der Waals surface area contributed by atoms with E-state index < -0.39 is 0 Å². The zero-order valence-corrected chi connectivity index (χ0v) is 8.29. The van der Waals surface area contributed by atoms with Gasteiger partial charge in [0.15, 0.2) is 0 Å². The number of phenolic OH excluding ortho intramolecular Hbond substituents is 1. The predicted molar refractivity (Wildman–Crippen MR) is 54.3 cm³/mol. The van der Waals surface area contributed by atoms with E-state index in [4.69, 9.17) is 10.5 Å². The minimum absolute atomic E-state index is 0.0507. The number of nitrogens with two attached hydrogens (primary N) is 1. The summed E-state index contributed by atoms with van der Waals surface area (Å²) in [5.41, 5.74) is 8.57. The first-order chi connectivity index (χ1) is 6.74. The molecule has 1 aliphatic rings. The van der Waals surface area contributed by atoms with Gasteiger partial charge in [0.25, 0.3) is 0 Å². The second-order valence-electron chi connectivity index (χ2n) is 3.64. The van der Waals surface area contributed by atoms with Crippen LogP contribution in [0.4, 0.5) is 0 Å². The summed E-state index contributed by atoms with van der Waals surface area (Å²) in [5, 5.41) is 9.86. The Balaban J connectivity index is 2.50. The fraction of sp³-hybridized carbons (Fsp3) is 0.455. The highest BCUT2D eigenvalue weighted by molar-refractivity contribution is 5.46. The topological polar surface area (TPSA) is 55.5 Å². The smallest absolute Gasteiger partial charge is 0.122 e. The summed E-state index contributed by atoms with van der Waals surface area (Å²) in [6.45, 7) is 3.02. The Kier molecular flexibility index (Phi) is 2.44. The largest absolute Gasteiger partial charge is 0.507 e. The highest BCUT2D eigenvalue weighted by Crippen LogP contribution is 2.34. The first-order valence-electron chi connectivity index (χ1n) is 4.87. The summed E-state index contributed by atoms with van der Waals surface area (Å²) in [6.07, 6.45) is 0.726. The van der Waals surface area contributed by atoms with E-state index in [-0.39, 0.29) is 6.10 Å². The third-order valence-electron chi connectivity index (χ3n) is 2.75. The molecule has 1 aromatic rings. The number of aromatic hydroxyl groups is 1. The van der Waals surface area contributed by atoms with Crippen LogP contribution < -0.4 is 5.73 Å². The van der Waals surface area contributed by atoms with Crippen LogP contribution in [0.3, 0.4) is 0 Å². The monoisotopic (exact) mass is 193 g/mol. The SMILES string of the molecule is Cc1ccc2c(c1O)CCOC2CN. The van der Waals surface area contributed by atoms with E-state index in [1.165, 1.54) is 0 Å². The van der Waals surface area contributed by atoms with E-state index >= 15 is 0 Å². The fourth-order valence-corrected chi connectivity index (χ4v) is 1.92. The van der Waals surface area contributed by atoms with Gasteiger partial charge in [0.05, 0.1) is 12.7 Å². The third kappa shape index (κ3) is 1.38. The van der Waals surface area contributed by atoms with Crippen molar-refractivity contribution in [2.75, 3.05) is 13.2 Å². The van der Waals surface area contributed by atoms with Gasteiger partial charge in [-0.25, -0.2) is 0 Å². The normalized spacial score (nSPS) is 20.6. The van der Waals surface area contributed by atoms with E-state index in [0.717, 1.165) is 23.1 Å². The zero-order chi connectivity index (χ0) is 10.1. The Morgan fingerprint density at radius 1 is 1.57 bits per heavy atom. The van der Waals surface area contributed by atoms with Crippen molar-refractivity contribution in [3.8, 4) is 5.75 Å². The van der Waals surface area contributed by atoms with Gasteiger partial charge in [-0.3, -0.25) is 0 Å². The van der Waals surface area contributed by atoms with Crippen LogP contribution in [0, 0.1) is 6.92 Å². The summed E-state index contributed by atoms with van der Waals surface area (Å²) >= 11 is 0. The molecular formula is C11H15NO2. The molecule has 1 unspecified atom stereocenters. The first kappa shape index (κ1) is 9.49. The summed E-state index contributed by atoms with van der Waals surface area (Å²) in [7, 11) is 0. The molecule has 14 heavy (non-hydrogen) atoms. The molecule has 3 nitrogen and oxygen atoms in total. The fourth-order valence-electron chi connectivity index (χ4n) is 1.92. The lowest BCUT2D eigenvalue weighted by molar-refractivity contribution is 0.0477. The maximum Gasteiger partial charge on any atom is 0.122 e. The van der Waals surface area contributed by atoms with Crippen LogP contribution in [0.1, 0.15) is 22.8 Å². The van der Waals surface area contributed by atoms with Crippen LogP contribution in [-0.2, 0) is 11.2 Å². The summed E-state index contributed by atoms with van der Waals surface area (Å²) < 4.78 is 5.51. The molecule has 0 saturated carbocycles. The molecule has 0 aromatic heterocycles. The lowest BCUT2D eigenvalue weighted by atomic mass is 9.94. The van der Waals surface area contributed by atoms with Gasteiger partial charge >= 0.3 is 0 Å². The number of benzene rings is 1. The minimum Gasteiger partial charge on any atom is -0.507 e. The van der Waals surface area contributed by atoms with E-state index in [1.807, 2.05) is 19.1 Å². The van der Waals surface area contributed by atoms with Gasteiger partial charge in [-0.15, -0.1) is 0 Å². The quantitative estimate of drug-likeness (QED) is 0.706. The maximum absolute atomic E-state index is 9.86. The van der Waals surface area contributed by atoms with Crippen molar-refractivity contribution in [1.82, 2.24) is 0 Å². The Hall–Kier alpha value is -1.06. The molecule has 0 fully saturated rings.